The molecule has 0 saturated carbocycles. The van der Waals surface area contributed by atoms with E-state index in [1.807, 2.05) is 0 Å². The van der Waals surface area contributed by atoms with Gasteiger partial charge in [-0.2, -0.15) is 0 Å². The predicted molar refractivity (Wildman–Crippen MR) is 80.8 cm³/mol. The summed E-state index contributed by atoms with van der Waals surface area (Å²) in [7, 11) is 0. The molecule has 1 saturated heterocycles. The van der Waals surface area contributed by atoms with Crippen LogP contribution in [0.1, 0.15) is 64.2 Å². The van der Waals surface area contributed by atoms with Crippen LogP contribution in [0.25, 0.3) is 0 Å². The molecule has 1 rings (SSSR count). The second kappa shape index (κ2) is 13.2. The van der Waals surface area contributed by atoms with Crippen LogP contribution in [0.2, 0.25) is 0 Å². The summed E-state index contributed by atoms with van der Waals surface area (Å²) in [5.41, 5.74) is 0. The van der Waals surface area contributed by atoms with Gasteiger partial charge in [0.25, 0.3) is 0 Å². The summed E-state index contributed by atoms with van der Waals surface area (Å²) < 4.78 is 19.9. The fourth-order valence-electron chi connectivity index (χ4n) is 2.17. The van der Waals surface area contributed by atoms with Gasteiger partial charge in [-0.3, -0.25) is 0 Å². The van der Waals surface area contributed by atoms with Gasteiger partial charge >= 0.3 is 12.3 Å². The lowest BCUT2D eigenvalue weighted by Gasteiger charge is -2.08. The van der Waals surface area contributed by atoms with Gasteiger partial charge in [0.1, 0.15) is 0 Å². The van der Waals surface area contributed by atoms with Crippen LogP contribution in [0.4, 0.5) is 9.59 Å². The molecule has 22 heavy (non-hydrogen) atoms. The maximum atomic E-state index is 11.3. The van der Waals surface area contributed by atoms with E-state index in [2.05, 4.69) is 0 Å². The number of carbonyl (C=O) groups is 2. The standard InChI is InChI=1S/C16H28O6/c17-15-19-11-7-3-1-2-4-8-12-20-16(18)22-14-10-6-5-9-13-21-15/h1-14H2. The van der Waals surface area contributed by atoms with Gasteiger partial charge in [-0.05, 0) is 38.5 Å². The molecule has 128 valence electrons. The predicted octanol–water partition coefficient (Wildman–Crippen LogP) is 4.21. The van der Waals surface area contributed by atoms with Crippen molar-refractivity contribution in [3.05, 3.63) is 0 Å². The van der Waals surface area contributed by atoms with Crippen LogP contribution in [0.15, 0.2) is 0 Å². The largest absolute Gasteiger partial charge is 0.508 e. The molecule has 6 heteroatoms. The maximum Gasteiger partial charge on any atom is 0.508 e. The van der Waals surface area contributed by atoms with E-state index < -0.39 is 12.3 Å². The van der Waals surface area contributed by atoms with E-state index >= 15 is 0 Å². The van der Waals surface area contributed by atoms with Gasteiger partial charge in [0.2, 0.25) is 0 Å². The van der Waals surface area contributed by atoms with E-state index in [1.54, 1.807) is 0 Å². The molecule has 0 unspecified atom stereocenters. The van der Waals surface area contributed by atoms with Gasteiger partial charge < -0.3 is 18.9 Å². The third-order valence-electron chi connectivity index (χ3n) is 3.46. The fraction of sp³-hybridized carbons (Fsp3) is 0.875. The molecule has 0 aliphatic carbocycles. The van der Waals surface area contributed by atoms with Crippen LogP contribution in [-0.2, 0) is 18.9 Å². The van der Waals surface area contributed by atoms with E-state index in [0.29, 0.717) is 26.4 Å². The second-order valence-corrected chi connectivity index (χ2v) is 5.43. The monoisotopic (exact) mass is 316 g/mol. The molecule has 0 radical (unpaired) electrons. The lowest BCUT2D eigenvalue weighted by molar-refractivity contribution is 0.0488. The Balaban J connectivity index is 2.17. The SMILES string of the molecule is O=C1OCCCCCCCCOC(=O)OCCCCCCO1. The van der Waals surface area contributed by atoms with E-state index in [0.717, 1.165) is 64.2 Å². The highest BCUT2D eigenvalue weighted by atomic mass is 16.7. The molecular formula is C16H28O6. The van der Waals surface area contributed by atoms with Crippen molar-refractivity contribution in [3.63, 3.8) is 0 Å². The molecule has 1 fully saturated rings. The third-order valence-corrected chi connectivity index (χ3v) is 3.46. The number of hydrogen-bond donors (Lipinski definition) is 0. The highest BCUT2D eigenvalue weighted by Crippen LogP contribution is 2.07. The van der Waals surface area contributed by atoms with Crippen LogP contribution >= 0.6 is 0 Å². The molecule has 0 atom stereocenters. The van der Waals surface area contributed by atoms with E-state index in [1.165, 1.54) is 0 Å². The smallest absolute Gasteiger partial charge is 0.434 e. The first kappa shape index (κ1) is 18.6. The molecule has 0 bridgehead atoms. The van der Waals surface area contributed by atoms with Crippen molar-refractivity contribution in [1.82, 2.24) is 0 Å². The summed E-state index contributed by atoms with van der Waals surface area (Å²) in [6, 6.07) is 0. The average molecular weight is 316 g/mol. The molecule has 0 amide bonds. The van der Waals surface area contributed by atoms with Crippen LogP contribution < -0.4 is 0 Å². The lowest BCUT2D eigenvalue weighted by atomic mass is 10.1. The van der Waals surface area contributed by atoms with E-state index in [9.17, 15) is 9.59 Å². The molecule has 1 heterocycles. The van der Waals surface area contributed by atoms with Crippen LogP contribution in [0, 0.1) is 0 Å². The van der Waals surface area contributed by atoms with E-state index in [-0.39, 0.29) is 0 Å². The second-order valence-electron chi connectivity index (χ2n) is 5.43. The molecule has 6 nitrogen and oxygen atoms in total. The highest BCUT2D eigenvalue weighted by Gasteiger charge is 2.05. The van der Waals surface area contributed by atoms with Crippen molar-refractivity contribution >= 4 is 12.3 Å². The normalized spacial score (nSPS) is 21.6. The summed E-state index contributed by atoms with van der Waals surface area (Å²) in [5, 5.41) is 0. The van der Waals surface area contributed by atoms with Crippen molar-refractivity contribution in [3.8, 4) is 0 Å². The molecule has 0 N–H and O–H groups in total. The first-order valence-corrected chi connectivity index (χ1v) is 8.38. The Bertz CT molecular complexity index is 275. The number of ether oxygens (including phenoxy) is 4. The average Bonchev–Trinajstić information content (AvgIpc) is 2.50. The summed E-state index contributed by atoms with van der Waals surface area (Å²) in [6.45, 7) is 1.60. The topological polar surface area (TPSA) is 71.1 Å². The van der Waals surface area contributed by atoms with Gasteiger partial charge in [0.05, 0.1) is 26.4 Å². The quantitative estimate of drug-likeness (QED) is 0.623. The Morgan fingerprint density at radius 1 is 0.409 bits per heavy atom. The van der Waals surface area contributed by atoms with Gasteiger partial charge in [0.15, 0.2) is 0 Å². The van der Waals surface area contributed by atoms with Gasteiger partial charge in [-0.1, -0.05) is 25.7 Å². The molecule has 1 aliphatic rings. The Morgan fingerprint density at radius 3 is 0.909 bits per heavy atom. The summed E-state index contributed by atoms with van der Waals surface area (Å²) >= 11 is 0. The van der Waals surface area contributed by atoms with Crippen LogP contribution in [0.3, 0.4) is 0 Å². The zero-order chi connectivity index (χ0) is 15.9. The zero-order valence-corrected chi connectivity index (χ0v) is 13.3. The first-order chi connectivity index (χ1) is 10.8. The molecule has 0 aromatic rings. The Kier molecular flexibility index (Phi) is 11.2. The van der Waals surface area contributed by atoms with Crippen LogP contribution in [0.5, 0.6) is 0 Å². The number of cyclic esters (lactones) is 4. The summed E-state index contributed by atoms with van der Waals surface area (Å²) in [6.07, 6.45) is 8.23. The number of rotatable bonds is 0. The molecule has 0 aromatic carbocycles. The Labute approximate surface area is 132 Å². The maximum absolute atomic E-state index is 11.3. The minimum Gasteiger partial charge on any atom is -0.434 e. The van der Waals surface area contributed by atoms with Crippen molar-refractivity contribution in [2.24, 2.45) is 0 Å². The van der Waals surface area contributed by atoms with Gasteiger partial charge in [-0.25, -0.2) is 9.59 Å². The first-order valence-electron chi connectivity index (χ1n) is 8.38. The third kappa shape index (κ3) is 11.2. The number of hydrogen-bond acceptors (Lipinski definition) is 6. The number of carbonyl (C=O) groups excluding carboxylic acids is 2. The minimum absolute atomic E-state index is 0.377. The lowest BCUT2D eigenvalue weighted by Crippen LogP contribution is -2.10. The fourth-order valence-corrected chi connectivity index (χ4v) is 2.17. The Hall–Kier alpha value is -1.46. The molecule has 0 aromatic heterocycles. The summed E-state index contributed by atoms with van der Waals surface area (Å²) in [4.78, 5) is 22.6. The summed E-state index contributed by atoms with van der Waals surface area (Å²) in [5.74, 6) is 0. The van der Waals surface area contributed by atoms with Gasteiger partial charge in [-0.15, -0.1) is 0 Å². The zero-order valence-electron chi connectivity index (χ0n) is 13.3. The molecule has 0 spiro atoms. The molecular weight excluding hydrogens is 288 g/mol. The van der Waals surface area contributed by atoms with Crippen molar-refractivity contribution in [1.29, 1.82) is 0 Å². The van der Waals surface area contributed by atoms with Crippen molar-refractivity contribution < 1.29 is 28.5 Å². The van der Waals surface area contributed by atoms with E-state index in [4.69, 9.17) is 18.9 Å². The van der Waals surface area contributed by atoms with Crippen LogP contribution in [-0.4, -0.2) is 38.7 Å². The van der Waals surface area contributed by atoms with Gasteiger partial charge in [0, 0.05) is 0 Å². The highest BCUT2D eigenvalue weighted by molar-refractivity contribution is 5.60. The molecule has 1 aliphatic heterocycles. The minimum atomic E-state index is -0.569. The van der Waals surface area contributed by atoms with Crippen molar-refractivity contribution in [2.75, 3.05) is 26.4 Å². The Morgan fingerprint density at radius 2 is 0.636 bits per heavy atom. The van der Waals surface area contributed by atoms with Crippen molar-refractivity contribution in [2.45, 2.75) is 64.2 Å².